The number of allylic oxidation sites excluding steroid dienone is 3. The number of rotatable bonds is 10. The van der Waals surface area contributed by atoms with Crippen LogP contribution in [0, 0.1) is 6.92 Å². The Hall–Kier alpha value is -2.85. The number of ether oxygens (including phenoxy) is 1. The summed E-state index contributed by atoms with van der Waals surface area (Å²) in [5, 5.41) is 10.7. The molecule has 31 heavy (non-hydrogen) atoms. The van der Waals surface area contributed by atoms with Crippen LogP contribution in [-0.4, -0.2) is 28.9 Å². The van der Waals surface area contributed by atoms with E-state index in [1.807, 2.05) is 49.4 Å². The van der Waals surface area contributed by atoms with Gasteiger partial charge in [0.2, 0.25) is 5.78 Å². The molecule has 0 fully saturated rings. The number of nitrogens with zero attached hydrogens (tertiary/aromatic N) is 1. The second-order valence-electron chi connectivity index (χ2n) is 8.11. The highest BCUT2D eigenvalue weighted by atomic mass is 16.5. The molecule has 0 aromatic heterocycles. The number of fused-ring (bicyclic) bond motifs is 1. The molecule has 0 spiro atoms. The number of carbonyl (C=O) groups is 1. The van der Waals surface area contributed by atoms with Gasteiger partial charge in [0.1, 0.15) is 11.5 Å². The highest BCUT2D eigenvalue weighted by Crippen LogP contribution is 2.42. The molecule has 2 aromatic carbocycles. The first-order chi connectivity index (χ1) is 15.0. The van der Waals surface area contributed by atoms with Crippen LogP contribution in [0.4, 0.5) is 0 Å². The third-order valence-electron chi connectivity index (χ3n) is 5.59. The first-order valence-corrected chi connectivity index (χ1v) is 11.3. The fraction of sp³-hybridized carbons (Fsp3) is 0.370. The number of phenolic OH excluding ortho intramolecular Hbond substituents is 1. The summed E-state index contributed by atoms with van der Waals surface area (Å²) in [5.74, 6) is 0.883. The number of phenols is 1. The molecule has 1 aliphatic heterocycles. The predicted molar refractivity (Wildman–Crippen MR) is 126 cm³/mol. The molecule has 4 nitrogen and oxygen atoms in total. The third-order valence-corrected chi connectivity index (χ3v) is 5.59. The third kappa shape index (κ3) is 5.65. The summed E-state index contributed by atoms with van der Waals surface area (Å²) < 4.78 is 6.03. The quantitative estimate of drug-likeness (QED) is 0.461. The maximum absolute atomic E-state index is 13.0. The van der Waals surface area contributed by atoms with Crippen LogP contribution in [0.3, 0.4) is 0 Å². The van der Waals surface area contributed by atoms with Crippen LogP contribution in [0.5, 0.6) is 11.5 Å². The molecular formula is C27H33NO3. The van der Waals surface area contributed by atoms with Gasteiger partial charge in [0, 0.05) is 6.54 Å². The van der Waals surface area contributed by atoms with Crippen LogP contribution in [0.25, 0.3) is 6.08 Å². The number of carbonyl (C=O) groups excluding carboxylic acids is 1. The zero-order valence-corrected chi connectivity index (χ0v) is 18.9. The van der Waals surface area contributed by atoms with Gasteiger partial charge in [-0.1, -0.05) is 69.2 Å². The van der Waals surface area contributed by atoms with Crippen LogP contribution in [0.2, 0.25) is 0 Å². The van der Waals surface area contributed by atoms with Crippen molar-refractivity contribution in [1.82, 2.24) is 4.90 Å². The summed E-state index contributed by atoms with van der Waals surface area (Å²) in [4.78, 5) is 15.4. The van der Waals surface area contributed by atoms with Gasteiger partial charge in [-0.2, -0.15) is 0 Å². The van der Waals surface area contributed by atoms with E-state index in [9.17, 15) is 9.90 Å². The van der Waals surface area contributed by atoms with Crippen molar-refractivity contribution < 1.29 is 14.6 Å². The van der Waals surface area contributed by atoms with E-state index in [1.165, 1.54) is 0 Å². The summed E-state index contributed by atoms with van der Waals surface area (Å²) >= 11 is 0. The van der Waals surface area contributed by atoms with Gasteiger partial charge in [-0.05, 0) is 56.1 Å². The lowest BCUT2D eigenvalue weighted by Gasteiger charge is -2.23. The summed E-state index contributed by atoms with van der Waals surface area (Å²) in [6, 6.07) is 11.6. The van der Waals surface area contributed by atoms with Crippen molar-refractivity contribution in [2.75, 3.05) is 13.1 Å². The molecule has 2 aromatic rings. The molecule has 0 saturated heterocycles. The Morgan fingerprint density at radius 2 is 1.74 bits per heavy atom. The normalized spacial score (nSPS) is 14.6. The highest BCUT2D eigenvalue weighted by Gasteiger charge is 2.33. The molecule has 1 N–H and O–H groups in total. The van der Waals surface area contributed by atoms with Crippen LogP contribution in [-0.2, 0) is 6.54 Å². The van der Waals surface area contributed by atoms with Crippen molar-refractivity contribution in [2.45, 2.75) is 53.0 Å². The fourth-order valence-corrected chi connectivity index (χ4v) is 3.82. The minimum Gasteiger partial charge on any atom is -0.507 e. The second kappa shape index (κ2) is 11.0. The average Bonchev–Trinajstić information content (AvgIpc) is 3.10. The first-order valence-electron chi connectivity index (χ1n) is 11.3. The van der Waals surface area contributed by atoms with Crippen molar-refractivity contribution in [3.8, 4) is 11.5 Å². The maximum Gasteiger partial charge on any atom is 0.232 e. The van der Waals surface area contributed by atoms with Crippen molar-refractivity contribution >= 4 is 11.9 Å². The monoisotopic (exact) mass is 419 g/mol. The van der Waals surface area contributed by atoms with Gasteiger partial charge < -0.3 is 9.84 Å². The first kappa shape index (κ1) is 22.8. The summed E-state index contributed by atoms with van der Waals surface area (Å²) in [5.41, 5.74) is 3.07. The van der Waals surface area contributed by atoms with E-state index < -0.39 is 0 Å². The van der Waals surface area contributed by atoms with Crippen molar-refractivity contribution in [1.29, 1.82) is 0 Å². The predicted octanol–water partition coefficient (Wildman–Crippen LogP) is 6.28. The molecule has 1 heterocycles. The van der Waals surface area contributed by atoms with Crippen molar-refractivity contribution in [3.05, 3.63) is 76.6 Å². The molecule has 3 rings (SSSR count). The Kier molecular flexibility index (Phi) is 8.07. The molecule has 4 heteroatoms. The zero-order valence-electron chi connectivity index (χ0n) is 18.9. The van der Waals surface area contributed by atoms with Crippen LogP contribution < -0.4 is 4.74 Å². The molecule has 0 atom stereocenters. The second-order valence-corrected chi connectivity index (χ2v) is 8.11. The molecular weight excluding hydrogens is 386 g/mol. The van der Waals surface area contributed by atoms with E-state index in [4.69, 9.17) is 4.74 Å². The number of hydrogen-bond acceptors (Lipinski definition) is 4. The summed E-state index contributed by atoms with van der Waals surface area (Å²) in [7, 11) is 0. The number of Topliss-reactive ketones (excluding diaryl/α,β-unsaturated/α-hetero) is 1. The Bertz CT molecular complexity index is 952. The standard InChI is InChI=1S/C27H33NO3/c1-4-6-16-28(17-7-5-2)19-22-23(29)18-20(3)25-26(30)24(31-27(22)25)15-11-14-21-12-9-8-10-13-21/h8-15,18,29H,4-7,16-17,19H2,1-3H3/b14-11+,24-15-. The molecule has 0 saturated carbocycles. The van der Waals surface area contributed by atoms with E-state index in [0.717, 1.165) is 49.9 Å². The highest BCUT2D eigenvalue weighted by molar-refractivity contribution is 6.13. The Labute approximate surface area is 185 Å². The zero-order chi connectivity index (χ0) is 22.2. The van der Waals surface area contributed by atoms with Gasteiger partial charge in [-0.3, -0.25) is 9.69 Å². The number of aromatic hydroxyl groups is 1. The minimum absolute atomic E-state index is 0.125. The number of benzene rings is 2. The van der Waals surface area contributed by atoms with E-state index in [-0.39, 0.29) is 11.5 Å². The molecule has 0 aliphatic carbocycles. The van der Waals surface area contributed by atoms with Gasteiger partial charge in [-0.15, -0.1) is 0 Å². The number of aryl methyl sites for hydroxylation is 1. The molecule has 1 aliphatic rings. The lowest BCUT2D eigenvalue weighted by Crippen LogP contribution is -2.26. The molecule has 0 bridgehead atoms. The molecule has 164 valence electrons. The topological polar surface area (TPSA) is 49.8 Å². The van der Waals surface area contributed by atoms with Gasteiger partial charge in [0.25, 0.3) is 0 Å². The van der Waals surface area contributed by atoms with Crippen molar-refractivity contribution in [3.63, 3.8) is 0 Å². The van der Waals surface area contributed by atoms with E-state index in [1.54, 1.807) is 12.1 Å². The number of hydrogen-bond donors (Lipinski definition) is 1. The molecule has 0 radical (unpaired) electrons. The lowest BCUT2D eigenvalue weighted by atomic mass is 9.99. The lowest BCUT2D eigenvalue weighted by molar-refractivity contribution is 0.101. The number of unbranched alkanes of at least 4 members (excludes halogenated alkanes) is 2. The number of ketones is 1. The van der Waals surface area contributed by atoms with Crippen LogP contribution >= 0.6 is 0 Å². The van der Waals surface area contributed by atoms with Gasteiger partial charge in [0.05, 0.1) is 11.1 Å². The molecule has 0 unspecified atom stereocenters. The Morgan fingerprint density at radius 1 is 1.06 bits per heavy atom. The van der Waals surface area contributed by atoms with E-state index >= 15 is 0 Å². The van der Waals surface area contributed by atoms with Gasteiger partial charge in [0.15, 0.2) is 5.76 Å². The Balaban J connectivity index is 1.87. The van der Waals surface area contributed by atoms with E-state index in [0.29, 0.717) is 29.2 Å². The summed E-state index contributed by atoms with van der Waals surface area (Å²) in [6.45, 7) is 8.72. The van der Waals surface area contributed by atoms with Crippen LogP contribution in [0.15, 0.2) is 54.3 Å². The SMILES string of the molecule is CCCCN(CCCC)Cc1c(O)cc(C)c2c1O/C(=C\C=C\c1ccccc1)C2=O. The minimum atomic E-state index is -0.125. The summed E-state index contributed by atoms with van der Waals surface area (Å²) in [6.07, 6.45) is 9.93. The Morgan fingerprint density at radius 3 is 2.39 bits per heavy atom. The van der Waals surface area contributed by atoms with E-state index in [2.05, 4.69) is 18.7 Å². The van der Waals surface area contributed by atoms with Crippen molar-refractivity contribution in [2.24, 2.45) is 0 Å². The average molecular weight is 420 g/mol. The maximum atomic E-state index is 13.0. The van der Waals surface area contributed by atoms with Gasteiger partial charge >= 0.3 is 0 Å². The largest absolute Gasteiger partial charge is 0.507 e. The van der Waals surface area contributed by atoms with Gasteiger partial charge in [-0.25, -0.2) is 0 Å². The molecule has 0 amide bonds. The van der Waals surface area contributed by atoms with Crippen LogP contribution in [0.1, 0.15) is 66.6 Å². The fourth-order valence-electron chi connectivity index (χ4n) is 3.82. The smallest absolute Gasteiger partial charge is 0.232 e.